The van der Waals surface area contributed by atoms with Gasteiger partial charge in [-0.15, -0.1) is 0 Å². The average molecular weight is 208 g/mol. The highest BCUT2D eigenvalue weighted by Gasteiger charge is 2.25. The van der Waals surface area contributed by atoms with E-state index in [-0.39, 0.29) is 0 Å². The van der Waals surface area contributed by atoms with Crippen LogP contribution in [-0.4, -0.2) is 22.9 Å². The van der Waals surface area contributed by atoms with Gasteiger partial charge in [0.1, 0.15) is 0 Å². The molecule has 84 valence electrons. The van der Waals surface area contributed by atoms with Crippen molar-refractivity contribution in [2.75, 3.05) is 18.4 Å². The Labute approximate surface area is 90.8 Å². The van der Waals surface area contributed by atoms with E-state index in [0.717, 1.165) is 24.7 Å². The van der Waals surface area contributed by atoms with Crippen molar-refractivity contribution < 1.29 is 0 Å². The summed E-state index contributed by atoms with van der Waals surface area (Å²) in [6, 6.07) is 0. The molecule has 0 bridgehead atoms. The van der Waals surface area contributed by atoms with Crippen molar-refractivity contribution in [3.63, 3.8) is 0 Å². The molecule has 0 saturated heterocycles. The molecule has 1 aromatic rings. The van der Waals surface area contributed by atoms with Gasteiger partial charge in [-0.2, -0.15) is 5.10 Å². The van der Waals surface area contributed by atoms with Gasteiger partial charge in [-0.25, -0.2) is 0 Å². The van der Waals surface area contributed by atoms with E-state index in [2.05, 4.69) is 10.4 Å². The van der Waals surface area contributed by atoms with Gasteiger partial charge >= 0.3 is 0 Å². The van der Waals surface area contributed by atoms with Gasteiger partial charge in [0.25, 0.3) is 0 Å². The standard InChI is InChI=1S/C11H20N4/c1-15-8-11(7-14-15)13-6-10-4-2-3-9(10)5-12/h7-10,13H,2-6,12H2,1H3. The molecule has 2 atom stereocenters. The summed E-state index contributed by atoms with van der Waals surface area (Å²) < 4.78 is 1.82. The molecular formula is C11H20N4. The molecule has 1 aliphatic rings. The van der Waals surface area contributed by atoms with Gasteiger partial charge in [-0.1, -0.05) is 6.42 Å². The monoisotopic (exact) mass is 208 g/mol. The van der Waals surface area contributed by atoms with Crippen LogP contribution in [0.15, 0.2) is 12.4 Å². The van der Waals surface area contributed by atoms with Gasteiger partial charge in [0, 0.05) is 19.8 Å². The average Bonchev–Trinajstić information content (AvgIpc) is 2.83. The summed E-state index contributed by atoms with van der Waals surface area (Å²) in [6.07, 6.45) is 7.82. The smallest absolute Gasteiger partial charge is 0.0726 e. The summed E-state index contributed by atoms with van der Waals surface area (Å²) in [5.74, 6) is 1.46. The van der Waals surface area contributed by atoms with Crippen molar-refractivity contribution in [2.45, 2.75) is 19.3 Å². The molecule has 1 saturated carbocycles. The molecule has 2 rings (SSSR count). The first kappa shape index (κ1) is 10.5. The lowest BCUT2D eigenvalue weighted by Crippen LogP contribution is -2.24. The van der Waals surface area contributed by atoms with E-state index < -0.39 is 0 Å². The number of hydrogen-bond donors (Lipinski definition) is 2. The van der Waals surface area contributed by atoms with E-state index in [9.17, 15) is 0 Å². The molecule has 0 spiro atoms. The summed E-state index contributed by atoms with van der Waals surface area (Å²) in [6.45, 7) is 1.87. The molecule has 1 heterocycles. The van der Waals surface area contributed by atoms with E-state index in [1.807, 2.05) is 24.1 Å². The molecular weight excluding hydrogens is 188 g/mol. The lowest BCUT2D eigenvalue weighted by atomic mass is 9.96. The molecule has 4 heteroatoms. The number of hydrogen-bond acceptors (Lipinski definition) is 3. The number of aromatic nitrogens is 2. The Morgan fingerprint density at radius 2 is 2.33 bits per heavy atom. The topological polar surface area (TPSA) is 55.9 Å². The maximum atomic E-state index is 5.75. The maximum absolute atomic E-state index is 5.75. The minimum absolute atomic E-state index is 0.717. The largest absolute Gasteiger partial charge is 0.382 e. The normalized spacial score (nSPS) is 25.7. The predicted octanol–water partition coefficient (Wildman–Crippen LogP) is 1.21. The summed E-state index contributed by atoms with van der Waals surface area (Å²) in [4.78, 5) is 0. The molecule has 1 fully saturated rings. The molecule has 0 aromatic carbocycles. The number of nitrogens with two attached hydrogens (primary N) is 1. The van der Waals surface area contributed by atoms with Gasteiger partial charge in [-0.3, -0.25) is 4.68 Å². The van der Waals surface area contributed by atoms with Crippen LogP contribution in [0.1, 0.15) is 19.3 Å². The van der Waals surface area contributed by atoms with Crippen LogP contribution >= 0.6 is 0 Å². The number of anilines is 1. The van der Waals surface area contributed by atoms with Gasteiger partial charge in [0.2, 0.25) is 0 Å². The Kier molecular flexibility index (Phi) is 3.26. The Hall–Kier alpha value is -1.03. The fourth-order valence-corrected chi connectivity index (χ4v) is 2.45. The second-order valence-electron chi connectivity index (χ2n) is 4.47. The maximum Gasteiger partial charge on any atom is 0.0726 e. The van der Waals surface area contributed by atoms with E-state index in [1.165, 1.54) is 19.3 Å². The molecule has 3 N–H and O–H groups in total. The fourth-order valence-electron chi connectivity index (χ4n) is 2.45. The molecule has 4 nitrogen and oxygen atoms in total. The fraction of sp³-hybridized carbons (Fsp3) is 0.727. The van der Waals surface area contributed by atoms with Crippen LogP contribution in [-0.2, 0) is 7.05 Å². The minimum atomic E-state index is 0.717. The van der Waals surface area contributed by atoms with Crippen LogP contribution in [0.2, 0.25) is 0 Å². The third kappa shape index (κ3) is 2.50. The Balaban J connectivity index is 1.82. The lowest BCUT2D eigenvalue weighted by molar-refractivity contribution is 0.414. The third-order valence-corrected chi connectivity index (χ3v) is 3.39. The Morgan fingerprint density at radius 3 is 3.00 bits per heavy atom. The van der Waals surface area contributed by atoms with Gasteiger partial charge in [-0.05, 0) is 31.2 Å². The first-order valence-corrected chi connectivity index (χ1v) is 5.72. The molecule has 1 aromatic heterocycles. The van der Waals surface area contributed by atoms with Crippen molar-refractivity contribution in [1.82, 2.24) is 9.78 Å². The number of nitrogens with one attached hydrogen (secondary N) is 1. The van der Waals surface area contributed by atoms with Crippen molar-refractivity contribution in [2.24, 2.45) is 24.6 Å². The Bertz CT molecular complexity index is 307. The van der Waals surface area contributed by atoms with Crippen LogP contribution in [0.25, 0.3) is 0 Å². The van der Waals surface area contributed by atoms with Crippen LogP contribution in [0.3, 0.4) is 0 Å². The lowest BCUT2D eigenvalue weighted by Gasteiger charge is -2.18. The molecule has 0 aliphatic heterocycles. The van der Waals surface area contributed by atoms with Crippen molar-refractivity contribution in [1.29, 1.82) is 0 Å². The molecule has 1 aliphatic carbocycles. The van der Waals surface area contributed by atoms with E-state index in [4.69, 9.17) is 5.73 Å². The van der Waals surface area contributed by atoms with Crippen LogP contribution in [0.4, 0.5) is 5.69 Å². The van der Waals surface area contributed by atoms with Gasteiger partial charge in [0.15, 0.2) is 0 Å². The van der Waals surface area contributed by atoms with Crippen LogP contribution < -0.4 is 11.1 Å². The number of rotatable bonds is 4. The second kappa shape index (κ2) is 4.66. The van der Waals surface area contributed by atoms with Crippen molar-refractivity contribution in [3.05, 3.63) is 12.4 Å². The zero-order chi connectivity index (χ0) is 10.7. The van der Waals surface area contributed by atoms with E-state index >= 15 is 0 Å². The van der Waals surface area contributed by atoms with Gasteiger partial charge < -0.3 is 11.1 Å². The third-order valence-electron chi connectivity index (χ3n) is 3.39. The van der Waals surface area contributed by atoms with Crippen molar-refractivity contribution in [3.8, 4) is 0 Å². The van der Waals surface area contributed by atoms with Gasteiger partial charge in [0.05, 0.1) is 11.9 Å². The Morgan fingerprint density at radius 1 is 1.53 bits per heavy atom. The zero-order valence-corrected chi connectivity index (χ0v) is 9.32. The second-order valence-corrected chi connectivity index (χ2v) is 4.47. The summed E-state index contributed by atoms with van der Waals surface area (Å²) >= 11 is 0. The molecule has 2 unspecified atom stereocenters. The zero-order valence-electron chi connectivity index (χ0n) is 9.32. The highest BCUT2D eigenvalue weighted by molar-refractivity contribution is 5.37. The summed E-state index contributed by atoms with van der Waals surface area (Å²) in [5, 5.41) is 7.56. The minimum Gasteiger partial charge on any atom is -0.382 e. The summed E-state index contributed by atoms with van der Waals surface area (Å²) in [5.41, 5.74) is 6.86. The highest BCUT2D eigenvalue weighted by Crippen LogP contribution is 2.30. The predicted molar refractivity (Wildman–Crippen MR) is 61.6 cm³/mol. The molecule has 15 heavy (non-hydrogen) atoms. The SMILES string of the molecule is Cn1cc(NCC2CCCC2CN)cn1. The van der Waals surface area contributed by atoms with Crippen molar-refractivity contribution >= 4 is 5.69 Å². The number of nitrogens with zero attached hydrogens (tertiary/aromatic N) is 2. The number of aryl methyl sites for hydroxylation is 1. The summed E-state index contributed by atoms with van der Waals surface area (Å²) in [7, 11) is 1.93. The van der Waals surface area contributed by atoms with E-state index in [0.29, 0.717) is 5.92 Å². The molecule has 0 radical (unpaired) electrons. The molecule has 0 amide bonds. The van der Waals surface area contributed by atoms with Crippen LogP contribution in [0, 0.1) is 11.8 Å². The van der Waals surface area contributed by atoms with Crippen LogP contribution in [0.5, 0.6) is 0 Å². The quantitative estimate of drug-likeness (QED) is 0.782. The van der Waals surface area contributed by atoms with E-state index in [1.54, 1.807) is 0 Å². The highest BCUT2D eigenvalue weighted by atomic mass is 15.3. The first-order chi connectivity index (χ1) is 7.29. The first-order valence-electron chi connectivity index (χ1n) is 5.72.